The molecule has 136 valence electrons. The van der Waals surface area contributed by atoms with Crippen molar-refractivity contribution in [2.75, 3.05) is 14.2 Å². The van der Waals surface area contributed by atoms with E-state index in [0.717, 1.165) is 11.1 Å². The predicted octanol–water partition coefficient (Wildman–Crippen LogP) is 3.18. The van der Waals surface area contributed by atoms with Crippen molar-refractivity contribution in [1.29, 1.82) is 0 Å². The molecule has 0 aliphatic heterocycles. The number of carbonyl (C=O) groups is 2. The zero-order chi connectivity index (χ0) is 18.8. The minimum absolute atomic E-state index is 0.111. The Kier molecular flexibility index (Phi) is 7.24. The van der Waals surface area contributed by atoms with Crippen molar-refractivity contribution in [2.24, 2.45) is 0 Å². The van der Waals surface area contributed by atoms with Gasteiger partial charge in [-0.15, -0.1) is 0 Å². The second kappa shape index (κ2) is 9.88. The smallest absolute Gasteiger partial charge is 0.408 e. The van der Waals surface area contributed by atoms with Crippen LogP contribution in [-0.4, -0.2) is 32.3 Å². The third-order valence-corrected chi connectivity index (χ3v) is 3.52. The number of rotatable bonds is 7. The Bertz CT molecular complexity index is 758. The van der Waals surface area contributed by atoms with Crippen molar-refractivity contribution in [1.82, 2.24) is 5.32 Å². The van der Waals surface area contributed by atoms with Gasteiger partial charge < -0.3 is 19.5 Å². The van der Waals surface area contributed by atoms with Gasteiger partial charge in [0.2, 0.25) is 0 Å². The van der Waals surface area contributed by atoms with Gasteiger partial charge in [-0.05, 0) is 23.3 Å². The lowest BCUT2D eigenvalue weighted by Crippen LogP contribution is -2.40. The normalized spacial score (nSPS) is 11.6. The van der Waals surface area contributed by atoms with E-state index in [4.69, 9.17) is 14.2 Å². The van der Waals surface area contributed by atoms with Crippen LogP contribution < -0.4 is 10.1 Å². The molecule has 1 amide bonds. The first-order valence-electron chi connectivity index (χ1n) is 7.99. The minimum Gasteiger partial charge on any atom is -0.497 e. The third-order valence-electron chi connectivity index (χ3n) is 3.52. The van der Waals surface area contributed by atoms with Crippen LogP contribution in [-0.2, 0) is 20.9 Å². The molecule has 0 aliphatic carbocycles. The molecule has 26 heavy (non-hydrogen) atoms. The number of benzene rings is 2. The van der Waals surface area contributed by atoms with E-state index < -0.39 is 18.1 Å². The molecule has 0 radical (unpaired) electrons. The SMILES string of the molecule is COC(=O)C(/C=C/c1cccc(OC)c1)NC(=O)OCc1ccccc1. The molecule has 0 spiro atoms. The minimum atomic E-state index is -0.963. The Balaban J connectivity index is 1.98. The highest BCUT2D eigenvalue weighted by molar-refractivity contribution is 5.84. The van der Waals surface area contributed by atoms with Crippen molar-refractivity contribution in [3.05, 3.63) is 71.8 Å². The number of hydrogen-bond donors (Lipinski definition) is 1. The van der Waals surface area contributed by atoms with Crippen LogP contribution in [0.1, 0.15) is 11.1 Å². The number of nitrogens with one attached hydrogen (secondary N) is 1. The van der Waals surface area contributed by atoms with Crippen molar-refractivity contribution < 1.29 is 23.8 Å². The Morgan fingerprint density at radius 3 is 2.54 bits per heavy atom. The van der Waals surface area contributed by atoms with E-state index in [-0.39, 0.29) is 6.61 Å². The van der Waals surface area contributed by atoms with E-state index in [1.807, 2.05) is 48.5 Å². The van der Waals surface area contributed by atoms with Crippen molar-refractivity contribution >= 4 is 18.1 Å². The van der Waals surface area contributed by atoms with E-state index in [2.05, 4.69) is 5.32 Å². The van der Waals surface area contributed by atoms with Crippen LogP contribution in [0.4, 0.5) is 4.79 Å². The molecule has 1 N–H and O–H groups in total. The van der Waals surface area contributed by atoms with Crippen LogP contribution >= 0.6 is 0 Å². The van der Waals surface area contributed by atoms with Gasteiger partial charge in [0.15, 0.2) is 0 Å². The van der Waals surface area contributed by atoms with Gasteiger partial charge in [-0.3, -0.25) is 0 Å². The first-order valence-corrected chi connectivity index (χ1v) is 7.99. The van der Waals surface area contributed by atoms with E-state index in [1.165, 1.54) is 13.2 Å². The topological polar surface area (TPSA) is 73.9 Å². The molecular formula is C20H21NO5. The lowest BCUT2D eigenvalue weighted by atomic mass is 10.1. The van der Waals surface area contributed by atoms with Crippen LogP contribution in [0.2, 0.25) is 0 Å². The number of hydrogen-bond acceptors (Lipinski definition) is 5. The zero-order valence-corrected chi connectivity index (χ0v) is 14.7. The van der Waals surface area contributed by atoms with Gasteiger partial charge >= 0.3 is 12.1 Å². The molecule has 0 saturated heterocycles. The van der Waals surface area contributed by atoms with Gasteiger partial charge in [0, 0.05) is 0 Å². The Hall–Kier alpha value is -3.28. The van der Waals surface area contributed by atoms with Gasteiger partial charge in [-0.25, -0.2) is 9.59 Å². The van der Waals surface area contributed by atoms with Crippen LogP contribution in [0.25, 0.3) is 6.08 Å². The van der Waals surface area contributed by atoms with Gasteiger partial charge in [0.05, 0.1) is 14.2 Å². The van der Waals surface area contributed by atoms with E-state index in [9.17, 15) is 9.59 Å². The maximum atomic E-state index is 12.0. The molecule has 0 aliphatic rings. The number of amides is 1. The van der Waals surface area contributed by atoms with E-state index >= 15 is 0 Å². The summed E-state index contributed by atoms with van der Waals surface area (Å²) in [6.07, 6.45) is 2.52. The molecule has 2 rings (SSSR count). The quantitative estimate of drug-likeness (QED) is 0.772. The fourth-order valence-electron chi connectivity index (χ4n) is 2.16. The highest BCUT2D eigenvalue weighted by Gasteiger charge is 2.19. The number of esters is 1. The van der Waals surface area contributed by atoms with E-state index in [0.29, 0.717) is 5.75 Å². The van der Waals surface area contributed by atoms with Gasteiger partial charge in [-0.2, -0.15) is 0 Å². The first-order chi connectivity index (χ1) is 12.6. The van der Waals surface area contributed by atoms with Gasteiger partial charge in [0.25, 0.3) is 0 Å². The lowest BCUT2D eigenvalue weighted by Gasteiger charge is -2.13. The summed E-state index contributed by atoms with van der Waals surface area (Å²) in [7, 11) is 2.83. The maximum Gasteiger partial charge on any atom is 0.408 e. The summed E-state index contributed by atoms with van der Waals surface area (Å²) in [5.41, 5.74) is 1.67. The molecule has 0 heterocycles. The number of ether oxygens (including phenoxy) is 3. The number of alkyl carbamates (subject to hydrolysis) is 1. The van der Waals surface area contributed by atoms with E-state index in [1.54, 1.807) is 19.3 Å². The third kappa shape index (κ3) is 5.98. The molecule has 0 aromatic heterocycles. The molecule has 6 nitrogen and oxygen atoms in total. The lowest BCUT2D eigenvalue weighted by molar-refractivity contribution is -0.141. The zero-order valence-electron chi connectivity index (χ0n) is 14.7. The molecular weight excluding hydrogens is 334 g/mol. The summed E-state index contributed by atoms with van der Waals surface area (Å²) < 4.78 is 15.0. The molecule has 0 saturated carbocycles. The second-order valence-corrected chi connectivity index (χ2v) is 5.34. The van der Waals surface area contributed by atoms with Crippen molar-refractivity contribution in [3.63, 3.8) is 0 Å². The second-order valence-electron chi connectivity index (χ2n) is 5.34. The highest BCUT2D eigenvalue weighted by Crippen LogP contribution is 2.14. The van der Waals surface area contributed by atoms with Crippen molar-refractivity contribution in [2.45, 2.75) is 12.6 Å². The molecule has 1 atom stereocenters. The molecule has 2 aromatic rings. The fraction of sp³-hybridized carbons (Fsp3) is 0.200. The van der Waals surface area contributed by atoms with Crippen LogP contribution in [0.3, 0.4) is 0 Å². The summed E-state index contributed by atoms with van der Waals surface area (Å²) in [4.78, 5) is 23.9. The van der Waals surface area contributed by atoms with Crippen LogP contribution in [0, 0.1) is 0 Å². The number of methoxy groups -OCH3 is 2. The van der Waals surface area contributed by atoms with Crippen LogP contribution in [0.15, 0.2) is 60.7 Å². The van der Waals surface area contributed by atoms with Gasteiger partial charge in [-0.1, -0.05) is 54.6 Å². The molecule has 1 unspecified atom stereocenters. The largest absolute Gasteiger partial charge is 0.497 e. The van der Waals surface area contributed by atoms with Gasteiger partial charge in [0.1, 0.15) is 18.4 Å². The molecule has 0 bridgehead atoms. The Labute approximate surface area is 152 Å². The summed E-state index contributed by atoms with van der Waals surface area (Å²) >= 11 is 0. The van der Waals surface area contributed by atoms with Crippen LogP contribution in [0.5, 0.6) is 5.75 Å². The summed E-state index contributed by atoms with van der Waals surface area (Å²) in [5, 5.41) is 2.48. The predicted molar refractivity (Wildman–Crippen MR) is 97.6 cm³/mol. The summed E-state index contributed by atoms with van der Waals surface area (Å²) in [6, 6.07) is 15.6. The summed E-state index contributed by atoms with van der Waals surface area (Å²) in [6.45, 7) is 0.111. The molecule has 0 fully saturated rings. The molecule has 2 aromatic carbocycles. The average molecular weight is 355 g/mol. The maximum absolute atomic E-state index is 12.0. The fourth-order valence-corrected chi connectivity index (χ4v) is 2.16. The standard InChI is InChI=1S/C20H21NO5/c1-24-17-10-6-9-15(13-17)11-12-18(19(22)25-2)21-20(23)26-14-16-7-4-3-5-8-16/h3-13,18H,14H2,1-2H3,(H,21,23)/b12-11+. The first kappa shape index (κ1) is 19.1. The van der Waals surface area contributed by atoms with Crippen molar-refractivity contribution in [3.8, 4) is 5.75 Å². The molecule has 6 heteroatoms. The highest BCUT2D eigenvalue weighted by atomic mass is 16.6. The average Bonchev–Trinajstić information content (AvgIpc) is 2.69. The Morgan fingerprint density at radius 1 is 1.08 bits per heavy atom. The Morgan fingerprint density at radius 2 is 1.85 bits per heavy atom. The number of carbonyl (C=O) groups excluding carboxylic acids is 2. The monoisotopic (exact) mass is 355 g/mol. The summed E-state index contributed by atoms with van der Waals surface area (Å²) in [5.74, 6) is 0.0952.